The van der Waals surface area contributed by atoms with E-state index in [9.17, 15) is 0 Å². The Labute approximate surface area is 117 Å². The molecule has 4 nitrogen and oxygen atoms in total. The molecular weight excluding hydrogens is 312 g/mol. The molecule has 0 fully saturated rings. The van der Waals surface area contributed by atoms with Crippen molar-refractivity contribution in [3.8, 4) is 0 Å². The molecule has 0 atom stereocenters. The SMILES string of the molecule is Cn1c(Cc2csc(N)n2)nc2cc(Br)ccc21. The lowest BCUT2D eigenvalue weighted by molar-refractivity contribution is 0.836. The first kappa shape index (κ1) is 11.7. The number of aromatic nitrogens is 3. The maximum atomic E-state index is 5.64. The summed E-state index contributed by atoms with van der Waals surface area (Å²) < 4.78 is 3.13. The van der Waals surface area contributed by atoms with Gasteiger partial charge in [0.2, 0.25) is 0 Å². The van der Waals surface area contributed by atoms with Crippen molar-refractivity contribution in [2.75, 3.05) is 5.73 Å². The molecule has 0 spiro atoms. The average Bonchev–Trinajstić information content (AvgIpc) is 2.85. The number of hydrogen-bond donors (Lipinski definition) is 1. The van der Waals surface area contributed by atoms with Gasteiger partial charge in [-0.3, -0.25) is 0 Å². The minimum Gasteiger partial charge on any atom is -0.375 e. The second kappa shape index (κ2) is 4.37. The molecule has 0 aliphatic rings. The fourth-order valence-corrected chi connectivity index (χ4v) is 2.86. The van der Waals surface area contributed by atoms with E-state index in [-0.39, 0.29) is 0 Å². The summed E-state index contributed by atoms with van der Waals surface area (Å²) in [4.78, 5) is 8.90. The van der Waals surface area contributed by atoms with Crippen molar-refractivity contribution in [2.24, 2.45) is 7.05 Å². The topological polar surface area (TPSA) is 56.7 Å². The number of halogens is 1. The second-order valence-corrected chi connectivity index (χ2v) is 5.88. The normalized spacial score (nSPS) is 11.2. The maximum absolute atomic E-state index is 5.64. The number of nitrogens with zero attached hydrogens (tertiary/aromatic N) is 3. The average molecular weight is 323 g/mol. The molecule has 3 aromatic rings. The van der Waals surface area contributed by atoms with E-state index in [4.69, 9.17) is 5.73 Å². The van der Waals surface area contributed by atoms with Crippen molar-refractivity contribution < 1.29 is 0 Å². The Hall–Kier alpha value is -1.40. The van der Waals surface area contributed by atoms with E-state index in [1.165, 1.54) is 11.3 Å². The van der Waals surface area contributed by atoms with Crippen LogP contribution in [0.2, 0.25) is 0 Å². The molecule has 2 aromatic heterocycles. The highest BCUT2D eigenvalue weighted by Crippen LogP contribution is 2.22. The lowest BCUT2D eigenvalue weighted by Crippen LogP contribution is -1.99. The van der Waals surface area contributed by atoms with E-state index >= 15 is 0 Å². The highest BCUT2D eigenvalue weighted by atomic mass is 79.9. The predicted molar refractivity (Wildman–Crippen MR) is 77.7 cm³/mol. The van der Waals surface area contributed by atoms with E-state index in [1.807, 2.05) is 24.6 Å². The molecule has 0 amide bonds. The van der Waals surface area contributed by atoms with Crippen molar-refractivity contribution in [1.29, 1.82) is 0 Å². The molecule has 1 aromatic carbocycles. The smallest absolute Gasteiger partial charge is 0.180 e. The van der Waals surface area contributed by atoms with Crippen molar-refractivity contribution >= 4 is 43.4 Å². The lowest BCUT2D eigenvalue weighted by atomic mass is 10.3. The van der Waals surface area contributed by atoms with Crippen LogP contribution in [0.5, 0.6) is 0 Å². The summed E-state index contributed by atoms with van der Waals surface area (Å²) >= 11 is 4.92. The number of benzene rings is 1. The van der Waals surface area contributed by atoms with Crippen LogP contribution in [0, 0.1) is 0 Å². The molecule has 18 heavy (non-hydrogen) atoms. The predicted octanol–water partition coefficient (Wildman–Crippen LogP) is 2.97. The molecule has 0 saturated carbocycles. The highest BCUT2D eigenvalue weighted by Gasteiger charge is 2.10. The van der Waals surface area contributed by atoms with Crippen LogP contribution in [0.25, 0.3) is 11.0 Å². The minimum atomic E-state index is 0.603. The van der Waals surface area contributed by atoms with Gasteiger partial charge in [0.25, 0.3) is 0 Å². The van der Waals surface area contributed by atoms with Crippen LogP contribution >= 0.6 is 27.3 Å². The summed E-state index contributed by atoms with van der Waals surface area (Å²) in [5, 5.41) is 2.58. The van der Waals surface area contributed by atoms with Gasteiger partial charge in [0.15, 0.2) is 5.13 Å². The van der Waals surface area contributed by atoms with Crippen LogP contribution in [0.15, 0.2) is 28.1 Å². The van der Waals surface area contributed by atoms with Gasteiger partial charge in [-0.25, -0.2) is 9.97 Å². The molecular formula is C12H11BrN4S. The van der Waals surface area contributed by atoms with Gasteiger partial charge in [0.1, 0.15) is 5.82 Å². The quantitative estimate of drug-likeness (QED) is 0.789. The Morgan fingerprint density at radius 3 is 2.94 bits per heavy atom. The third-order valence-electron chi connectivity index (χ3n) is 2.84. The summed E-state index contributed by atoms with van der Waals surface area (Å²) in [5.41, 5.74) is 8.72. The van der Waals surface area contributed by atoms with Gasteiger partial charge in [-0.05, 0) is 18.2 Å². The van der Waals surface area contributed by atoms with E-state index < -0.39 is 0 Å². The number of thiazole rings is 1. The van der Waals surface area contributed by atoms with Crippen molar-refractivity contribution in [1.82, 2.24) is 14.5 Å². The fraction of sp³-hybridized carbons (Fsp3) is 0.167. The van der Waals surface area contributed by atoms with Gasteiger partial charge in [0, 0.05) is 23.3 Å². The number of nitrogens with two attached hydrogens (primary N) is 1. The largest absolute Gasteiger partial charge is 0.375 e. The molecule has 0 radical (unpaired) electrons. The van der Waals surface area contributed by atoms with E-state index in [2.05, 4.69) is 36.5 Å². The number of nitrogen functional groups attached to an aromatic ring is 1. The summed E-state index contributed by atoms with van der Waals surface area (Å²) in [6, 6.07) is 6.11. The zero-order valence-electron chi connectivity index (χ0n) is 9.72. The summed E-state index contributed by atoms with van der Waals surface area (Å²) in [6.07, 6.45) is 0.705. The summed E-state index contributed by atoms with van der Waals surface area (Å²) in [5.74, 6) is 0.994. The highest BCUT2D eigenvalue weighted by molar-refractivity contribution is 9.10. The first-order chi connectivity index (χ1) is 8.63. The van der Waals surface area contributed by atoms with E-state index in [0.29, 0.717) is 11.6 Å². The van der Waals surface area contributed by atoms with Crippen LogP contribution in [0.1, 0.15) is 11.5 Å². The van der Waals surface area contributed by atoms with Crippen LogP contribution in [-0.4, -0.2) is 14.5 Å². The third-order valence-corrected chi connectivity index (χ3v) is 4.06. The van der Waals surface area contributed by atoms with Gasteiger partial charge < -0.3 is 10.3 Å². The molecule has 0 aliphatic carbocycles. The molecule has 92 valence electrons. The van der Waals surface area contributed by atoms with Crippen LogP contribution in [0.4, 0.5) is 5.13 Å². The Bertz CT molecular complexity index is 716. The Morgan fingerprint density at radius 1 is 1.39 bits per heavy atom. The number of aryl methyl sites for hydroxylation is 1. The van der Waals surface area contributed by atoms with E-state index in [1.54, 1.807) is 0 Å². The van der Waals surface area contributed by atoms with E-state index in [0.717, 1.165) is 27.0 Å². The molecule has 2 heterocycles. The molecule has 2 N–H and O–H groups in total. The van der Waals surface area contributed by atoms with Crippen molar-refractivity contribution in [2.45, 2.75) is 6.42 Å². The summed E-state index contributed by atoms with van der Waals surface area (Å²) in [7, 11) is 2.02. The zero-order valence-corrected chi connectivity index (χ0v) is 12.1. The van der Waals surface area contributed by atoms with Crippen LogP contribution in [0.3, 0.4) is 0 Å². The molecule has 0 saturated heterocycles. The number of imidazole rings is 1. The lowest BCUT2D eigenvalue weighted by Gasteiger charge is -1.99. The van der Waals surface area contributed by atoms with Crippen LogP contribution < -0.4 is 5.73 Å². The Balaban J connectivity index is 2.04. The molecule has 0 aliphatic heterocycles. The number of rotatable bonds is 2. The molecule has 0 unspecified atom stereocenters. The zero-order chi connectivity index (χ0) is 12.7. The van der Waals surface area contributed by atoms with Gasteiger partial charge >= 0.3 is 0 Å². The number of anilines is 1. The van der Waals surface area contributed by atoms with Gasteiger partial charge in [-0.1, -0.05) is 15.9 Å². The molecule has 3 rings (SSSR count). The fourth-order valence-electron chi connectivity index (χ4n) is 1.95. The Kier molecular flexibility index (Phi) is 2.83. The molecule has 0 bridgehead atoms. The van der Waals surface area contributed by atoms with Gasteiger partial charge in [0.05, 0.1) is 16.7 Å². The molecule has 6 heteroatoms. The first-order valence-electron chi connectivity index (χ1n) is 5.44. The van der Waals surface area contributed by atoms with Crippen LogP contribution in [-0.2, 0) is 13.5 Å². The Morgan fingerprint density at radius 2 is 2.22 bits per heavy atom. The summed E-state index contributed by atoms with van der Waals surface area (Å²) in [6.45, 7) is 0. The first-order valence-corrected chi connectivity index (χ1v) is 7.11. The van der Waals surface area contributed by atoms with Gasteiger partial charge in [-0.2, -0.15) is 0 Å². The minimum absolute atomic E-state index is 0.603. The third kappa shape index (κ3) is 2.02. The second-order valence-electron chi connectivity index (χ2n) is 4.07. The standard InChI is InChI=1S/C12H11BrN4S/c1-17-10-3-2-7(13)4-9(10)16-11(17)5-8-6-18-12(14)15-8/h2-4,6H,5H2,1H3,(H2,14,15). The maximum Gasteiger partial charge on any atom is 0.180 e. The monoisotopic (exact) mass is 322 g/mol. The number of fused-ring (bicyclic) bond motifs is 1. The van der Waals surface area contributed by atoms with Crippen molar-refractivity contribution in [3.05, 3.63) is 39.6 Å². The van der Waals surface area contributed by atoms with Crippen molar-refractivity contribution in [3.63, 3.8) is 0 Å². The van der Waals surface area contributed by atoms with Gasteiger partial charge in [-0.15, -0.1) is 11.3 Å². The number of hydrogen-bond acceptors (Lipinski definition) is 4.